The van der Waals surface area contributed by atoms with Gasteiger partial charge in [0.05, 0.1) is 0 Å². The molecule has 0 aromatic heterocycles. The van der Waals surface area contributed by atoms with Crippen molar-refractivity contribution in [1.29, 1.82) is 0 Å². The van der Waals surface area contributed by atoms with Crippen molar-refractivity contribution in [3.63, 3.8) is 0 Å². The molecule has 2 aromatic rings. The van der Waals surface area contributed by atoms with E-state index in [1.807, 2.05) is 26.0 Å². The quantitative estimate of drug-likeness (QED) is 0.585. The minimum absolute atomic E-state index is 0.275. The first-order valence-corrected chi connectivity index (χ1v) is 8.22. The average Bonchev–Trinajstić information content (AvgIpc) is 2.92. The summed E-state index contributed by atoms with van der Waals surface area (Å²) >= 11 is 0. The van der Waals surface area contributed by atoms with E-state index in [2.05, 4.69) is 0 Å². The number of benzene rings is 2. The van der Waals surface area contributed by atoms with Crippen LogP contribution in [0.1, 0.15) is 29.8 Å². The Balaban J connectivity index is 1.52. The van der Waals surface area contributed by atoms with E-state index in [0.29, 0.717) is 11.5 Å². The molecule has 0 unspecified atom stereocenters. The Bertz CT molecular complexity index is 827. The van der Waals surface area contributed by atoms with Crippen LogP contribution in [-0.2, 0) is 16.0 Å². The molecule has 0 aliphatic carbocycles. The van der Waals surface area contributed by atoms with Gasteiger partial charge in [-0.15, -0.1) is 0 Å². The first kappa shape index (κ1) is 17.9. The Morgan fingerprint density at radius 3 is 2.58 bits per heavy atom. The number of ketones is 1. The van der Waals surface area contributed by atoms with Crippen molar-refractivity contribution in [2.75, 3.05) is 13.2 Å². The van der Waals surface area contributed by atoms with E-state index >= 15 is 0 Å². The third kappa shape index (κ3) is 4.20. The Labute approximate surface area is 150 Å². The number of carbonyl (C=O) groups is 2. The molecule has 0 amide bonds. The number of hydrogen-bond acceptors (Lipinski definition) is 5. The first-order valence-electron chi connectivity index (χ1n) is 8.22. The highest BCUT2D eigenvalue weighted by molar-refractivity contribution is 5.97. The average molecular weight is 358 g/mol. The van der Waals surface area contributed by atoms with E-state index in [0.717, 1.165) is 12.0 Å². The van der Waals surface area contributed by atoms with Crippen LogP contribution in [0.3, 0.4) is 0 Å². The van der Waals surface area contributed by atoms with Crippen molar-refractivity contribution < 1.29 is 28.2 Å². The number of esters is 1. The van der Waals surface area contributed by atoms with Crippen LogP contribution in [0.2, 0.25) is 0 Å². The van der Waals surface area contributed by atoms with E-state index in [9.17, 15) is 14.0 Å². The van der Waals surface area contributed by atoms with Crippen molar-refractivity contribution in [3.05, 3.63) is 59.4 Å². The monoisotopic (exact) mass is 358 g/mol. The molecule has 1 aliphatic heterocycles. The molecule has 0 radical (unpaired) electrons. The molecule has 0 saturated heterocycles. The molecule has 0 saturated carbocycles. The SMILES string of the molecule is CC1(C)Cc2cccc(OCC(=O)OCC(=O)c3ccc(F)cc3)c2O1. The number of halogens is 1. The summed E-state index contributed by atoms with van der Waals surface area (Å²) in [5.41, 5.74) is 0.980. The molecule has 136 valence electrons. The molecule has 1 aliphatic rings. The molecule has 0 fully saturated rings. The summed E-state index contributed by atoms with van der Waals surface area (Å²) in [7, 11) is 0. The highest BCUT2D eigenvalue weighted by Crippen LogP contribution is 2.41. The maximum absolute atomic E-state index is 12.8. The van der Waals surface area contributed by atoms with Gasteiger partial charge in [-0.05, 0) is 44.2 Å². The second-order valence-corrected chi connectivity index (χ2v) is 6.66. The minimum atomic E-state index is -0.671. The maximum atomic E-state index is 12.8. The van der Waals surface area contributed by atoms with Gasteiger partial charge in [0.25, 0.3) is 0 Å². The van der Waals surface area contributed by atoms with Crippen molar-refractivity contribution in [1.82, 2.24) is 0 Å². The lowest BCUT2D eigenvalue weighted by molar-refractivity contribution is -0.144. The molecule has 2 aromatic carbocycles. The van der Waals surface area contributed by atoms with Gasteiger partial charge in [-0.25, -0.2) is 9.18 Å². The van der Waals surface area contributed by atoms with Gasteiger partial charge in [0, 0.05) is 17.5 Å². The van der Waals surface area contributed by atoms with E-state index in [1.54, 1.807) is 6.07 Å². The molecule has 5 nitrogen and oxygen atoms in total. The lowest BCUT2D eigenvalue weighted by atomic mass is 10.0. The summed E-state index contributed by atoms with van der Waals surface area (Å²) in [5.74, 6) is -0.422. The zero-order valence-corrected chi connectivity index (χ0v) is 14.6. The van der Waals surface area contributed by atoms with E-state index < -0.39 is 24.2 Å². The van der Waals surface area contributed by atoms with E-state index in [4.69, 9.17) is 14.2 Å². The second kappa shape index (κ2) is 7.15. The smallest absolute Gasteiger partial charge is 0.344 e. The number of carbonyl (C=O) groups excluding carboxylic acids is 2. The van der Waals surface area contributed by atoms with Crippen LogP contribution in [0.5, 0.6) is 11.5 Å². The van der Waals surface area contributed by atoms with Gasteiger partial charge in [-0.1, -0.05) is 12.1 Å². The predicted octanol–water partition coefficient (Wildman–Crippen LogP) is 3.34. The summed E-state index contributed by atoms with van der Waals surface area (Å²) in [6.45, 7) is 3.19. The van der Waals surface area contributed by atoms with Gasteiger partial charge in [0.1, 0.15) is 11.4 Å². The molecule has 0 N–H and O–H groups in total. The number of para-hydroxylation sites is 1. The molecule has 1 heterocycles. The molecular formula is C20H19FO5. The maximum Gasteiger partial charge on any atom is 0.344 e. The van der Waals surface area contributed by atoms with Gasteiger partial charge in [-0.2, -0.15) is 0 Å². The lowest BCUT2D eigenvalue weighted by Gasteiger charge is -2.18. The van der Waals surface area contributed by atoms with Crippen LogP contribution in [0.15, 0.2) is 42.5 Å². The topological polar surface area (TPSA) is 61.8 Å². The van der Waals surface area contributed by atoms with Crippen LogP contribution in [0, 0.1) is 5.82 Å². The fraction of sp³-hybridized carbons (Fsp3) is 0.300. The Morgan fingerprint density at radius 2 is 1.85 bits per heavy atom. The molecule has 0 spiro atoms. The third-order valence-electron chi connectivity index (χ3n) is 3.93. The van der Waals surface area contributed by atoms with Crippen LogP contribution >= 0.6 is 0 Å². The number of ether oxygens (including phenoxy) is 3. The largest absolute Gasteiger partial charge is 0.483 e. The number of Topliss-reactive ketones (excluding diaryl/α,β-unsaturated/α-hetero) is 1. The highest BCUT2D eigenvalue weighted by Gasteiger charge is 2.32. The van der Waals surface area contributed by atoms with Crippen LogP contribution in [0.25, 0.3) is 0 Å². The highest BCUT2D eigenvalue weighted by atomic mass is 19.1. The summed E-state index contributed by atoms with van der Waals surface area (Å²) in [4.78, 5) is 23.7. The molecule has 0 atom stereocenters. The fourth-order valence-corrected chi connectivity index (χ4v) is 2.74. The third-order valence-corrected chi connectivity index (χ3v) is 3.93. The number of rotatable bonds is 6. The lowest BCUT2D eigenvalue weighted by Crippen LogP contribution is -2.25. The van der Waals surface area contributed by atoms with E-state index in [1.165, 1.54) is 24.3 Å². The van der Waals surface area contributed by atoms with Crippen LogP contribution in [-0.4, -0.2) is 30.6 Å². The fourth-order valence-electron chi connectivity index (χ4n) is 2.74. The number of hydrogen-bond donors (Lipinski definition) is 0. The summed E-state index contributed by atoms with van der Waals surface area (Å²) in [6, 6.07) is 10.5. The Hall–Kier alpha value is -2.89. The van der Waals surface area contributed by atoms with Crippen molar-refractivity contribution in [2.24, 2.45) is 0 Å². The van der Waals surface area contributed by atoms with Crippen LogP contribution in [0.4, 0.5) is 4.39 Å². The predicted molar refractivity (Wildman–Crippen MR) is 92.0 cm³/mol. The Morgan fingerprint density at radius 1 is 1.12 bits per heavy atom. The molecule has 3 rings (SSSR count). The van der Waals surface area contributed by atoms with Crippen molar-refractivity contribution in [2.45, 2.75) is 25.9 Å². The van der Waals surface area contributed by atoms with Gasteiger partial charge in [-0.3, -0.25) is 4.79 Å². The van der Waals surface area contributed by atoms with Crippen molar-refractivity contribution >= 4 is 11.8 Å². The first-order chi connectivity index (χ1) is 12.3. The van der Waals surface area contributed by atoms with Gasteiger partial charge in [0.15, 0.2) is 30.5 Å². The normalized spacial score (nSPS) is 14.3. The molecular weight excluding hydrogens is 339 g/mol. The van der Waals surface area contributed by atoms with Crippen molar-refractivity contribution in [3.8, 4) is 11.5 Å². The minimum Gasteiger partial charge on any atom is -0.483 e. The Kier molecular flexibility index (Phi) is 4.93. The van der Waals surface area contributed by atoms with Gasteiger partial charge in [0.2, 0.25) is 0 Å². The van der Waals surface area contributed by atoms with Crippen LogP contribution < -0.4 is 9.47 Å². The zero-order valence-electron chi connectivity index (χ0n) is 14.6. The molecule has 6 heteroatoms. The summed E-state index contributed by atoms with van der Waals surface area (Å²) < 4.78 is 29.1. The zero-order chi connectivity index (χ0) is 18.7. The number of fused-ring (bicyclic) bond motifs is 1. The van der Waals surface area contributed by atoms with Gasteiger partial charge < -0.3 is 14.2 Å². The summed E-state index contributed by atoms with van der Waals surface area (Å²) in [6.07, 6.45) is 0.760. The van der Waals surface area contributed by atoms with E-state index in [-0.39, 0.29) is 17.8 Å². The van der Waals surface area contributed by atoms with Gasteiger partial charge >= 0.3 is 5.97 Å². The molecule has 26 heavy (non-hydrogen) atoms. The standard InChI is InChI=1S/C20H19FO5/c1-20(2)10-14-4-3-5-17(19(14)26-20)24-12-18(23)25-11-16(22)13-6-8-15(21)9-7-13/h3-9H,10-12H2,1-2H3. The summed E-state index contributed by atoms with van der Waals surface area (Å²) in [5, 5.41) is 0. The second-order valence-electron chi connectivity index (χ2n) is 6.66. The molecule has 0 bridgehead atoms.